The average molecular weight is 206 g/mol. The van der Waals surface area contributed by atoms with Gasteiger partial charge < -0.3 is 10.8 Å². The predicted octanol–water partition coefficient (Wildman–Crippen LogP) is 0.557. The number of rotatable bonds is 1. The first-order chi connectivity index (χ1) is 7.02. The molecule has 0 radical (unpaired) electrons. The van der Waals surface area contributed by atoms with Crippen molar-refractivity contribution in [3.8, 4) is 0 Å². The Hall–Kier alpha value is -2.11. The minimum Gasteiger partial charge on any atom is -0.478 e. The van der Waals surface area contributed by atoms with Crippen LogP contribution in [0.3, 0.4) is 0 Å². The van der Waals surface area contributed by atoms with Gasteiger partial charge in [-0.05, 0) is 6.92 Å². The lowest BCUT2D eigenvalue weighted by Gasteiger charge is -2.01. The number of hydrogen-bond acceptors (Lipinski definition) is 4. The number of hydrogen-bond donors (Lipinski definition) is 2. The van der Waals surface area contributed by atoms with Crippen LogP contribution in [-0.4, -0.2) is 25.8 Å². The maximum atomic E-state index is 10.8. The number of nitrogens with zero attached hydrogens (tertiary/aromatic N) is 3. The van der Waals surface area contributed by atoms with Crippen molar-refractivity contribution < 1.29 is 9.90 Å². The van der Waals surface area contributed by atoms with E-state index in [4.69, 9.17) is 10.8 Å². The number of aromatic carboxylic acids is 1. The number of nitrogen functional groups attached to an aromatic ring is 1. The molecule has 0 amide bonds. The molecule has 6 heteroatoms. The van der Waals surface area contributed by atoms with Crippen LogP contribution in [0.15, 0.2) is 6.20 Å². The molecule has 0 aromatic carbocycles. The number of carboxylic acids is 1. The van der Waals surface area contributed by atoms with E-state index < -0.39 is 5.97 Å². The molecule has 0 bridgehead atoms. The molecular weight excluding hydrogens is 196 g/mol. The van der Waals surface area contributed by atoms with Crippen molar-refractivity contribution in [3.05, 3.63) is 17.5 Å². The molecule has 0 atom stereocenters. The van der Waals surface area contributed by atoms with E-state index in [1.165, 1.54) is 6.20 Å². The zero-order valence-corrected chi connectivity index (χ0v) is 8.35. The van der Waals surface area contributed by atoms with E-state index in [9.17, 15) is 4.79 Å². The van der Waals surface area contributed by atoms with E-state index in [2.05, 4.69) is 10.1 Å². The highest BCUT2D eigenvalue weighted by atomic mass is 16.4. The van der Waals surface area contributed by atoms with Crippen molar-refractivity contribution in [2.75, 3.05) is 5.73 Å². The topological polar surface area (TPSA) is 94.0 Å². The molecule has 2 aromatic heterocycles. The van der Waals surface area contributed by atoms with Crippen molar-refractivity contribution in [3.63, 3.8) is 0 Å². The molecule has 2 rings (SSSR count). The number of nitrogens with two attached hydrogens (primary N) is 1. The van der Waals surface area contributed by atoms with Gasteiger partial charge in [-0.15, -0.1) is 0 Å². The molecular formula is C9H10N4O2. The summed E-state index contributed by atoms with van der Waals surface area (Å²) in [5, 5.41) is 13.6. The second kappa shape index (κ2) is 2.94. The third-order valence-electron chi connectivity index (χ3n) is 2.30. The molecule has 0 fully saturated rings. The van der Waals surface area contributed by atoms with Crippen LogP contribution in [-0.2, 0) is 7.05 Å². The summed E-state index contributed by atoms with van der Waals surface area (Å²) in [5.74, 6) is -1.08. The van der Waals surface area contributed by atoms with E-state index in [0.29, 0.717) is 16.7 Å². The summed E-state index contributed by atoms with van der Waals surface area (Å²) in [6, 6.07) is 0. The fraction of sp³-hybridized carbons (Fsp3) is 0.222. The number of anilines is 1. The van der Waals surface area contributed by atoms with E-state index >= 15 is 0 Å². The normalized spacial score (nSPS) is 10.8. The summed E-state index contributed by atoms with van der Waals surface area (Å²) in [6.45, 7) is 1.77. The van der Waals surface area contributed by atoms with Crippen LogP contribution in [0.1, 0.15) is 16.1 Å². The van der Waals surface area contributed by atoms with E-state index in [-0.39, 0.29) is 11.3 Å². The largest absolute Gasteiger partial charge is 0.478 e. The molecule has 0 aliphatic heterocycles. The summed E-state index contributed by atoms with van der Waals surface area (Å²) < 4.78 is 1.58. The van der Waals surface area contributed by atoms with Gasteiger partial charge in [-0.25, -0.2) is 9.78 Å². The van der Waals surface area contributed by atoms with Crippen molar-refractivity contribution in [2.24, 2.45) is 7.05 Å². The van der Waals surface area contributed by atoms with Crippen LogP contribution >= 0.6 is 0 Å². The van der Waals surface area contributed by atoms with Crippen molar-refractivity contribution in [2.45, 2.75) is 6.92 Å². The summed E-state index contributed by atoms with van der Waals surface area (Å²) >= 11 is 0. The molecule has 15 heavy (non-hydrogen) atoms. The second-order valence-electron chi connectivity index (χ2n) is 3.30. The van der Waals surface area contributed by atoms with Crippen LogP contribution in [0.2, 0.25) is 0 Å². The Bertz CT molecular complexity index is 559. The monoisotopic (exact) mass is 206 g/mol. The van der Waals surface area contributed by atoms with Gasteiger partial charge >= 0.3 is 5.97 Å². The lowest BCUT2D eigenvalue weighted by atomic mass is 10.1. The van der Waals surface area contributed by atoms with E-state index in [1.54, 1.807) is 18.7 Å². The van der Waals surface area contributed by atoms with Gasteiger partial charge in [0.25, 0.3) is 0 Å². The average Bonchev–Trinajstić information content (AvgIpc) is 2.43. The summed E-state index contributed by atoms with van der Waals surface area (Å²) in [7, 11) is 1.74. The molecule has 78 valence electrons. The number of aromatic nitrogens is 3. The van der Waals surface area contributed by atoms with Crippen molar-refractivity contribution in [1.82, 2.24) is 14.8 Å². The maximum Gasteiger partial charge on any atom is 0.339 e. The molecule has 2 heterocycles. The van der Waals surface area contributed by atoms with Crippen LogP contribution in [0.5, 0.6) is 0 Å². The third-order valence-corrected chi connectivity index (χ3v) is 2.30. The fourth-order valence-corrected chi connectivity index (χ4v) is 1.61. The van der Waals surface area contributed by atoms with Gasteiger partial charge in [0.15, 0.2) is 5.65 Å². The number of aryl methyl sites for hydroxylation is 2. The molecule has 0 aliphatic carbocycles. The van der Waals surface area contributed by atoms with Crippen LogP contribution in [0.25, 0.3) is 11.0 Å². The van der Waals surface area contributed by atoms with Gasteiger partial charge in [-0.1, -0.05) is 0 Å². The molecule has 0 saturated heterocycles. The molecule has 6 nitrogen and oxygen atoms in total. The summed E-state index contributed by atoms with van der Waals surface area (Å²) in [4.78, 5) is 14.9. The first-order valence-electron chi connectivity index (χ1n) is 4.33. The zero-order valence-electron chi connectivity index (χ0n) is 8.35. The van der Waals surface area contributed by atoms with Crippen LogP contribution in [0.4, 0.5) is 5.69 Å². The first kappa shape index (κ1) is 9.45. The lowest BCUT2D eigenvalue weighted by Crippen LogP contribution is -2.04. The Labute approximate surface area is 85.3 Å². The highest BCUT2D eigenvalue weighted by molar-refractivity contribution is 6.03. The molecule has 0 saturated carbocycles. The lowest BCUT2D eigenvalue weighted by molar-refractivity contribution is 0.0698. The van der Waals surface area contributed by atoms with Gasteiger partial charge in [0.2, 0.25) is 0 Å². The van der Waals surface area contributed by atoms with E-state index in [1.807, 2.05) is 0 Å². The van der Waals surface area contributed by atoms with Crippen molar-refractivity contribution >= 4 is 22.7 Å². The van der Waals surface area contributed by atoms with Crippen LogP contribution < -0.4 is 5.73 Å². The highest BCUT2D eigenvalue weighted by Crippen LogP contribution is 2.25. The second-order valence-corrected chi connectivity index (χ2v) is 3.30. The minimum atomic E-state index is -1.08. The minimum absolute atomic E-state index is 0.0126. The number of fused-ring (bicyclic) bond motifs is 1. The predicted molar refractivity (Wildman–Crippen MR) is 54.6 cm³/mol. The third kappa shape index (κ3) is 1.22. The SMILES string of the molecule is Cc1nn(C)c2ncc(C(=O)O)c(N)c12. The number of pyridine rings is 1. The summed E-state index contributed by atoms with van der Waals surface area (Å²) in [6.07, 6.45) is 1.25. The number of carboxylic acid groups (broad SMARTS) is 1. The van der Waals surface area contributed by atoms with Gasteiger partial charge in [0, 0.05) is 13.2 Å². The van der Waals surface area contributed by atoms with Crippen LogP contribution in [0, 0.1) is 6.92 Å². The fourth-order valence-electron chi connectivity index (χ4n) is 1.61. The maximum absolute atomic E-state index is 10.8. The van der Waals surface area contributed by atoms with Crippen molar-refractivity contribution in [1.29, 1.82) is 0 Å². The van der Waals surface area contributed by atoms with Gasteiger partial charge in [0.05, 0.1) is 16.8 Å². The Morgan fingerprint density at radius 3 is 2.87 bits per heavy atom. The Balaban J connectivity index is 2.89. The molecule has 0 spiro atoms. The molecule has 0 aliphatic rings. The van der Waals surface area contributed by atoms with Gasteiger partial charge in [-0.2, -0.15) is 5.10 Å². The standard InChI is InChI=1S/C9H10N4O2/c1-4-6-7(10)5(9(14)15)3-11-8(6)13(2)12-4/h3H,1-2H3,(H2,10,11)(H,14,15). The smallest absolute Gasteiger partial charge is 0.339 e. The molecule has 0 unspecified atom stereocenters. The molecule has 3 N–H and O–H groups in total. The Morgan fingerprint density at radius 1 is 1.60 bits per heavy atom. The number of carbonyl (C=O) groups is 1. The Kier molecular flexibility index (Phi) is 1.85. The Morgan fingerprint density at radius 2 is 2.27 bits per heavy atom. The van der Waals surface area contributed by atoms with Gasteiger partial charge in [-0.3, -0.25) is 4.68 Å². The zero-order chi connectivity index (χ0) is 11.2. The first-order valence-corrected chi connectivity index (χ1v) is 4.33. The quantitative estimate of drug-likeness (QED) is 0.710. The highest BCUT2D eigenvalue weighted by Gasteiger charge is 2.16. The van der Waals surface area contributed by atoms with Gasteiger partial charge in [0.1, 0.15) is 5.56 Å². The molecule has 2 aromatic rings. The summed E-state index contributed by atoms with van der Waals surface area (Å²) in [5.41, 5.74) is 7.27. The van der Waals surface area contributed by atoms with E-state index in [0.717, 1.165) is 0 Å².